The van der Waals surface area contributed by atoms with Gasteiger partial charge < -0.3 is 40.0 Å². The van der Waals surface area contributed by atoms with E-state index < -0.39 is 67.4 Å². The number of nitrogens with one attached hydrogen (secondary N) is 3. The van der Waals surface area contributed by atoms with Crippen LogP contribution in [-0.4, -0.2) is 104 Å². The van der Waals surface area contributed by atoms with Gasteiger partial charge in [-0.05, 0) is 13.8 Å². The number of hydrogen-bond acceptors (Lipinski definition) is 15. The van der Waals surface area contributed by atoms with Crippen LogP contribution >= 0.6 is 18.1 Å². The van der Waals surface area contributed by atoms with Gasteiger partial charge in [-0.2, -0.15) is 9.97 Å². The number of ether oxygens (including phenoxy) is 3. The molecule has 40 heavy (non-hydrogen) atoms. The normalized spacial score (nSPS) is 28.6. The molecule has 2 aromatic heterocycles. The molecule has 2 fully saturated rings. The second-order valence-corrected chi connectivity index (χ2v) is 13.4. The number of carbonyl (C=O) groups excluding carboxylic acids is 3. The number of aliphatic hydroxyl groups is 2. The average Bonchev–Trinajstić information content (AvgIpc) is 3.53. The van der Waals surface area contributed by atoms with Crippen LogP contribution in [0.4, 0.5) is 10.7 Å². The summed E-state index contributed by atoms with van der Waals surface area (Å²) in [6.45, 7) is -1.82. The fourth-order valence-corrected chi connectivity index (χ4v) is 7.96. The largest absolute Gasteiger partial charge is 0.479 e. The predicted octanol–water partition coefficient (Wildman–Crippen LogP) is -1.36. The van der Waals surface area contributed by atoms with Crippen molar-refractivity contribution in [3.05, 3.63) is 6.33 Å². The van der Waals surface area contributed by atoms with Crippen molar-refractivity contribution in [3.8, 4) is 5.88 Å². The number of methoxy groups -OCH3 is 2. The van der Waals surface area contributed by atoms with Crippen LogP contribution in [0.2, 0.25) is 0 Å². The number of nitrogens with two attached hydrogens (primary N) is 1. The summed E-state index contributed by atoms with van der Waals surface area (Å²) in [6, 6.07) is -2.78. The van der Waals surface area contributed by atoms with E-state index in [0.29, 0.717) is 11.4 Å². The van der Waals surface area contributed by atoms with Crippen LogP contribution in [0.25, 0.3) is 11.2 Å². The lowest BCUT2D eigenvalue weighted by Gasteiger charge is -2.27. The number of hydrogen-bond donors (Lipinski definition) is 6. The SMILES string of the molecule is COC(=O)[C@@H](C)NP(=O)(OC[C@H]1O[C@@H](n2cnc3c(OC)nc(N)nc32)[C@](C)(O)[C@@H]1O)SC[C@H]1NC(=O)NC1=O. The topological polar surface area (TPSA) is 251 Å². The smallest absolute Gasteiger partial charge is 0.327 e. The van der Waals surface area contributed by atoms with Crippen molar-refractivity contribution >= 4 is 53.1 Å². The standard InChI is InChI=1S/C20H29N8O10PS/c1-8(16(31)36-4)27-39(34,40-6-9-14(30)25-19(32)23-9)37-5-10-12(29)20(2,33)17(38-10)28-7-22-11-13(28)24-18(21)26-15(11)35-3/h7-10,12,17,29,33H,5-6H2,1-4H3,(H,27,34)(H2,21,24,26)(H2,23,25,30,32)/t8-,9-,10-,12-,17-,20-,39?/m1/s1. The van der Waals surface area contributed by atoms with Crippen molar-refractivity contribution < 1.29 is 47.9 Å². The van der Waals surface area contributed by atoms with E-state index in [2.05, 4.69) is 35.4 Å². The molecule has 2 aromatic rings. The van der Waals surface area contributed by atoms with Gasteiger partial charge in [0.25, 0.3) is 5.91 Å². The number of carbonyl (C=O) groups is 3. The summed E-state index contributed by atoms with van der Waals surface area (Å²) in [5.74, 6) is -1.56. The minimum atomic E-state index is -4.01. The van der Waals surface area contributed by atoms with E-state index in [9.17, 15) is 29.2 Å². The Balaban J connectivity index is 1.53. The minimum absolute atomic E-state index is 0.0928. The summed E-state index contributed by atoms with van der Waals surface area (Å²) in [4.78, 5) is 47.6. The molecule has 0 spiro atoms. The van der Waals surface area contributed by atoms with Gasteiger partial charge in [0.2, 0.25) is 11.8 Å². The molecule has 0 bridgehead atoms. The molecule has 3 amide bonds. The molecule has 4 rings (SSSR count). The van der Waals surface area contributed by atoms with Gasteiger partial charge in [0.05, 0.1) is 27.2 Å². The van der Waals surface area contributed by atoms with E-state index in [0.717, 1.165) is 7.11 Å². The maximum Gasteiger partial charge on any atom is 0.327 e. The van der Waals surface area contributed by atoms with Crippen molar-refractivity contribution in [2.45, 2.75) is 50.0 Å². The van der Waals surface area contributed by atoms with E-state index in [1.807, 2.05) is 0 Å². The Morgan fingerprint density at radius 3 is 2.75 bits per heavy atom. The molecule has 18 nitrogen and oxygen atoms in total. The number of amides is 3. The quantitative estimate of drug-likeness (QED) is 0.0984. The first-order chi connectivity index (χ1) is 18.8. The molecule has 0 saturated carbocycles. The lowest BCUT2D eigenvalue weighted by Crippen LogP contribution is -2.44. The van der Waals surface area contributed by atoms with E-state index in [4.69, 9.17) is 19.7 Å². The van der Waals surface area contributed by atoms with Crippen LogP contribution in [0.15, 0.2) is 6.33 Å². The van der Waals surface area contributed by atoms with Crippen LogP contribution in [-0.2, 0) is 28.2 Å². The Kier molecular flexibility index (Phi) is 8.55. The van der Waals surface area contributed by atoms with E-state index in [-0.39, 0.29) is 28.7 Å². The lowest BCUT2D eigenvalue weighted by atomic mass is 9.96. The first kappa shape index (κ1) is 29.9. The van der Waals surface area contributed by atoms with Gasteiger partial charge in [0, 0.05) is 5.75 Å². The van der Waals surface area contributed by atoms with E-state index in [1.54, 1.807) is 0 Å². The number of nitrogen functional groups attached to an aromatic ring is 1. The number of aromatic nitrogens is 4. The predicted molar refractivity (Wildman–Crippen MR) is 138 cm³/mol. The number of nitrogens with zero attached hydrogens (tertiary/aromatic N) is 4. The van der Waals surface area contributed by atoms with Crippen molar-refractivity contribution in [1.29, 1.82) is 0 Å². The van der Waals surface area contributed by atoms with Gasteiger partial charge >= 0.3 is 18.7 Å². The molecule has 1 unspecified atom stereocenters. The Bertz CT molecular complexity index is 1360. The number of anilines is 1. The third-order valence-electron chi connectivity index (χ3n) is 6.19. The third-order valence-corrected chi connectivity index (χ3v) is 10.3. The van der Waals surface area contributed by atoms with Gasteiger partial charge in [-0.25, -0.2) is 14.9 Å². The number of esters is 1. The molecule has 0 aliphatic carbocycles. The van der Waals surface area contributed by atoms with Crippen molar-refractivity contribution in [3.63, 3.8) is 0 Å². The summed E-state index contributed by atoms with van der Waals surface area (Å²) in [5, 5.41) is 29.1. The van der Waals surface area contributed by atoms with Crippen LogP contribution in [0.1, 0.15) is 20.1 Å². The van der Waals surface area contributed by atoms with Gasteiger partial charge in [-0.1, -0.05) is 11.4 Å². The summed E-state index contributed by atoms with van der Waals surface area (Å²) >= 11 is 0.653. The highest BCUT2D eigenvalue weighted by Gasteiger charge is 2.54. The Labute approximate surface area is 230 Å². The van der Waals surface area contributed by atoms with E-state index in [1.165, 1.54) is 31.9 Å². The van der Waals surface area contributed by atoms with Crippen LogP contribution < -0.4 is 26.2 Å². The van der Waals surface area contributed by atoms with Gasteiger partial charge in [-0.15, -0.1) is 0 Å². The molecule has 4 heterocycles. The molecule has 20 heteroatoms. The van der Waals surface area contributed by atoms with Crippen molar-refractivity contribution in [1.82, 2.24) is 35.2 Å². The first-order valence-electron chi connectivity index (χ1n) is 11.8. The van der Waals surface area contributed by atoms with Crippen LogP contribution in [0, 0.1) is 0 Å². The lowest BCUT2D eigenvalue weighted by molar-refractivity contribution is -0.142. The summed E-state index contributed by atoms with van der Waals surface area (Å²) in [5.41, 5.74) is 4.25. The molecule has 220 valence electrons. The second-order valence-electron chi connectivity index (χ2n) is 9.09. The molecule has 0 aromatic carbocycles. The van der Waals surface area contributed by atoms with Gasteiger partial charge in [0.15, 0.2) is 17.4 Å². The van der Waals surface area contributed by atoms with Crippen molar-refractivity contribution in [2.75, 3.05) is 32.3 Å². The maximum atomic E-state index is 13.7. The highest BCUT2D eigenvalue weighted by atomic mass is 32.7. The fourth-order valence-electron chi connectivity index (χ4n) is 4.10. The molecule has 2 aliphatic heterocycles. The monoisotopic (exact) mass is 604 g/mol. The minimum Gasteiger partial charge on any atom is -0.479 e. The Hall–Kier alpha value is -3.06. The molecule has 0 radical (unpaired) electrons. The summed E-state index contributed by atoms with van der Waals surface area (Å²) < 4.78 is 36.5. The highest BCUT2D eigenvalue weighted by molar-refractivity contribution is 8.56. The van der Waals surface area contributed by atoms with Crippen LogP contribution in [0.3, 0.4) is 0 Å². The van der Waals surface area contributed by atoms with Gasteiger partial charge in [0.1, 0.15) is 29.9 Å². The molecule has 2 saturated heterocycles. The first-order valence-corrected chi connectivity index (χ1v) is 15.0. The zero-order valence-electron chi connectivity index (χ0n) is 21.8. The molecule has 7 atom stereocenters. The zero-order chi connectivity index (χ0) is 29.4. The second kappa shape index (κ2) is 11.4. The zero-order valence-corrected chi connectivity index (χ0v) is 23.5. The Morgan fingerprint density at radius 2 is 2.12 bits per heavy atom. The van der Waals surface area contributed by atoms with Gasteiger partial charge in [-0.3, -0.25) is 24.0 Å². The summed E-state index contributed by atoms with van der Waals surface area (Å²) in [6.07, 6.45) is -2.71. The number of imidazole rings is 1. The molecule has 7 N–H and O–H groups in total. The number of rotatable bonds is 11. The molecule has 2 aliphatic rings. The molecular formula is C20H29N8O10PS. The van der Waals surface area contributed by atoms with Crippen LogP contribution in [0.5, 0.6) is 5.88 Å². The maximum absolute atomic E-state index is 13.7. The number of fused-ring (bicyclic) bond motifs is 1. The Morgan fingerprint density at radius 1 is 1.40 bits per heavy atom. The molecular weight excluding hydrogens is 575 g/mol. The third kappa shape index (κ3) is 5.85. The van der Waals surface area contributed by atoms with E-state index >= 15 is 0 Å². The number of urea groups is 1. The number of aliphatic hydroxyl groups excluding tert-OH is 1. The highest BCUT2D eigenvalue weighted by Crippen LogP contribution is 2.57. The number of imide groups is 1. The van der Waals surface area contributed by atoms with Crippen molar-refractivity contribution in [2.24, 2.45) is 0 Å². The fraction of sp³-hybridized carbons (Fsp3) is 0.600. The average molecular weight is 605 g/mol. The summed E-state index contributed by atoms with van der Waals surface area (Å²) in [7, 11) is 2.52.